The summed E-state index contributed by atoms with van der Waals surface area (Å²) in [5.41, 5.74) is 2.12. The first-order valence-electron chi connectivity index (χ1n) is 8.19. The Balaban J connectivity index is 1.57. The molecule has 3 aromatic rings. The zero-order valence-corrected chi connectivity index (χ0v) is 14.3. The second-order valence-electron chi connectivity index (χ2n) is 6.49. The standard InChI is InChI=1S/C18H18FN3OS/c1-22(9-11-4-2-5-12(19)8-11)10-15-20-17(23)16-13-6-3-7-14(13)24-18(16)21-15/h2,4-5,8H,3,6-7,9-10H2,1H3,(H,20,21,23)/p+1. The van der Waals surface area contributed by atoms with Gasteiger partial charge < -0.3 is 9.88 Å². The SMILES string of the molecule is C[NH+](Cc1cccc(F)c1)Cc1nc2sc3c(c2c(=O)[nH]1)CCC3. The first kappa shape index (κ1) is 15.5. The molecule has 6 heteroatoms. The number of hydrogen-bond donors (Lipinski definition) is 2. The zero-order valence-electron chi connectivity index (χ0n) is 13.5. The number of aromatic nitrogens is 2. The molecule has 0 radical (unpaired) electrons. The van der Waals surface area contributed by atoms with Gasteiger partial charge in [0.1, 0.15) is 23.7 Å². The summed E-state index contributed by atoms with van der Waals surface area (Å²) in [6.07, 6.45) is 3.19. The van der Waals surface area contributed by atoms with Gasteiger partial charge in [0.05, 0.1) is 12.4 Å². The van der Waals surface area contributed by atoms with Gasteiger partial charge in [-0.2, -0.15) is 0 Å². The third-order valence-electron chi connectivity index (χ3n) is 4.49. The molecule has 0 fully saturated rings. The van der Waals surface area contributed by atoms with Crippen LogP contribution in [0.25, 0.3) is 10.2 Å². The lowest BCUT2D eigenvalue weighted by Gasteiger charge is -2.13. The van der Waals surface area contributed by atoms with E-state index in [0.717, 1.165) is 39.9 Å². The number of H-pyrrole nitrogens is 1. The van der Waals surface area contributed by atoms with Gasteiger partial charge >= 0.3 is 0 Å². The highest BCUT2D eigenvalue weighted by Gasteiger charge is 2.21. The van der Waals surface area contributed by atoms with Crippen molar-refractivity contribution in [1.29, 1.82) is 0 Å². The molecule has 0 saturated carbocycles. The molecule has 1 aliphatic carbocycles. The van der Waals surface area contributed by atoms with Gasteiger partial charge in [0.15, 0.2) is 5.82 Å². The lowest BCUT2D eigenvalue weighted by atomic mass is 10.2. The maximum Gasteiger partial charge on any atom is 0.260 e. The van der Waals surface area contributed by atoms with Gasteiger partial charge in [-0.3, -0.25) is 4.79 Å². The van der Waals surface area contributed by atoms with E-state index in [2.05, 4.69) is 9.97 Å². The average Bonchev–Trinajstić information content (AvgIpc) is 3.06. The van der Waals surface area contributed by atoms with Gasteiger partial charge in [-0.05, 0) is 37.0 Å². The molecule has 0 spiro atoms. The number of aromatic amines is 1. The minimum absolute atomic E-state index is 0.0204. The van der Waals surface area contributed by atoms with Crippen LogP contribution in [0.15, 0.2) is 29.1 Å². The highest BCUT2D eigenvalue weighted by Crippen LogP contribution is 2.34. The van der Waals surface area contributed by atoms with Crippen LogP contribution in [0.4, 0.5) is 4.39 Å². The third kappa shape index (κ3) is 2.87. The number of aryl methyl sites for hydroxylation is 2. The summed E-state index contributed by atoms with van der Waals surface area (Å²) in [5.74, 6) is 0.475. The molecule has 1 aliphatic rings. The number of nitrogens with zero attached hydrogens (tertiary/aromatic N) is 1. The smallest absolute Gasteiger partial charge is 0.260 e. The number of hydrogen-bond acceptors (Lipinski definition) is 3. The number of benzene rings is 1. The summed E-state index contributed by atoms with van der Waals surface area (Å²) >= 11 is 1.66. The van der Waals surface area contributed by atoms with Gasteiger partial charge in [-0.15, -0.1) is 11.3 Å². The third-order valence-corrected chi connectivity index (χ3v) is 5.67. The van der Waals surface area contributed by atoms with E-state index in [-0.39, 0.29) is 11.4 Å². The van der Waals surface area contributed by atoms with Crippen molar-refractivity contribution in [3.63, 3.8) is 0 Å². The molecular weight excluding hydrogens is 325 g/mol. The zero-order chi connectivity index (χ0) is 16.7. The average molecular weight is 344 g/mol. The number of nitrogens with one attached hydrogen (secondary N) is 2. The number of fused-ring (bicyclic) bond motifs is 3. The van der Waals surface area contributed by atoms with Crippen LogP contribution < -0.4 is 10.5 Å². The van der Waals surface area contributed by atoms with Crippen molar-refractivity contribution in [3.8, 4) is 0 Å². The predicted molar refractivity (Wildman–Crippen MR) is 93.0 cm³/mol. The molecule has 2 heterocycles. The summed E-state index contributed by atoms with van der Waals surface area (Å²) in [6.45, 7) is 1.28. The van der Waals surface area contributed by atoms with E-state index in [1.165, 1.54) is 16.5 Å². The Hall–Kier alpha value is -2.05. The summed E-state index contributed by atoms with van der Waals surface area (Å²) in [6, 6.07) is 6.63. The number of halogens is 1. The fourth-order valence-electron chi connectivity index (χ4n) is 3.47. The second-order valence-corrected chi connectivity index (χ2v) is 7.57. The molecule has 0 bridgehead atoms. The fraction of sp³-hybridized carbons (Fsp3) is 0.333. The van der Waals surface area contributed by atoms with Crippen LogP contribution in [0.1, 0.15) is 28.2 Å². The van der Waals surface area contributed by atoms with Crippen LogP contribution in [-0.2, 0) is 25.9 Å². The van der Waals surface area contributed by atoms with E-state index in [9.17, 15) is 9.18 Å². The van der Waals surface area contributed by atoms with Crippen LogP contribution in [0, 0.1) is 5.82 Å². The second kappa shape index (κ2) is 6.11. The minimum atomic E-state index is -0.221. The van der Waals surface area contributed by atoms with Crippen molar-refractivity contribution in [2.75, 3.05) is 7.05 Å². The molecule has 1 atom stereocenters. The van der Waals surface area contributed by atoms with E-state index < -0.39 is 0 Å². The molecule has 1 unspecified atom stereocenters. The van der Waals surface area contributed by atoms with E-state index >= 15 is 0 Å². The molecule has 0 amide bonds. The van der Waals surface area contributed by atoms with E-state index in [1.54, 1.807) is 23.5 Å². The number of thiophene rings is 1. The summed E-state index contributed by atoms with van der Waals surface area (Å²) < 4.78 is 13.3. The molecule has 24 heavy (non-hydrogen) atoms. The Labute approximate surface area is 143 Å². The largest absolute Gasteiger partial charge is 0.327 e. The van der Waals surface area contributed by atoms with Crippen LogP contribution in [0.3, 0.4) is 0 Å². The first-order valence-corrected chi connectivity index (χ1v) is 9.01. The number of quaternary nitrogens is 1. The van der Waals surface area contributed by atoms with Gasteiger partial charge in [0, 0.05) is 10.4 Å². The first-order chi connectivity index (χ1) is 11.6. The maximum atomic E-state index is 13.3. The topological polar surface area (TPSA) is 50.2 Å². The Morgan fingerprint density at radius 2 is 2.21 bits per heavy atom. The Kier molecular flexibility index (Phi) is 3.94. The fourth-order valence-corrected chi connectivity index (χ4v) is 4.76. The van der Waals surface area contributed by atoms with Crippen LogP contribution in [0.2, 0.25) is 0 Å². The van der Waals surface area contributed by atoms with Crippen LogP contribution >= 0.6 is 11.3 Å². The molecule has 0 aliphatic heterocycles. The Morgan fingerprint density at radius 3 is 3.04 bits per heavy atom. The highest BCUT2D eigenvalue weighted by atomic mass is 32.1. The lowest BCUT2D eigenvalue weighted by molar-refractivity contribution is -0.908. The lowest BCUT2D eigenvalue weighted by Crippen LogP contribution is -3.06. The van der Waals surface area contributed by atoms with Crippen molar-refractivity contribution < 1.29 is 9.29 Å². The molecular formula is C18H19FN3OS+. The molecule has 1 aromatic carbocycles. The molecule has 2 aromatic heterocycles. The highest BCUT2D eigenvalue weighted by molar-refractivity contribution is 7.18. The minimum Gasteiger partial charge on any atom is -0.327 e. The summed E-state index contributed by atoms with van der Waals surface area (Å²) in [4.78, 5) is 23.4. The van der Waals surface area contributed by atoms with Gasteiger partial charge in [-0.1, -0.05) is 12.1 Å². The van der Waals surface area contributed by atoms with Crippen molar-refractivity contribution >= 4 is 21.6 Å². The van der Waals surface area contributed by atoms with E-state index in [0.29, 0.717) is 18.9 Å². The molecule has 4 rings (SSSR count). The van der Waals surface area contributed by atoms with Crippen molar-refractivity contribution in [2.45, 2.75) is 32.4 Å². The van der Waals surface area contributed by atoms with Crippen LogP contribution in [-0.4, -0.2) is 17.0 Å². The molecule has 2 N–H and O–H groups in total. The maximum absolute atomic E-state index is 13.3. The van der Waals surface area contributed by atoms with E-state index in [4.69, 9.17) is 0 Å². The van der Waals surface area contributed by atoms with E-state index in [1.807, 2.05) is 13.1 Å². The predicted octanol–water partition coefficient (Wildman–Crippen LogP) is 1.83. The normalized spacial score (nSPS) is 14.9. The van der Waals surface area contributed by atoms with Gasteiger partial charge in [-0.25, -0.2) is 9.37 Å². The monoisotopic (exact) mass is 344 g/mol. The Morgan fingerprint density at radius 1 is 1.33 bits per heavy atom. The van der Waals surface area contributed by atoms with Gasteiger partial charge in [0.25, 0.3) is 5.56 Å². The number of rotatable bonds is 4. The molecule has 124 valence electrons. The van der Waals surface area contributed by atoms with Gasteiger partial charge in [0.2, 0.25) is 0 Å². The van der Waals surface area contributed by atoms with Crippen LogP contribution in [0.5, 0.6) is 0 Å². The van der Waals surface area contributed by atoms with Crippen molar-refractivity contribution in [3.05, 3.63) is 62.3 Å². The van der Waals surface area contributed by atoms with Crippen molar-refractivity contribution in [2.24, 2.45) is 0 Å². The Bertz CT molecular complexity index is 963. The van der Waals surface area contributed by atoms with Crippen molar-refractivity contribution in [1.82, 2.24) is 9.97 Å². The summed E-state index contributed by atoms with van der Waals surface area (Å²) in [5, 5.41) is 0.791. The quantitative estimate of drug-likeness (QED) is 0.759. The summed E-state index contributed by atoms with van der Waals surface area (Å²) in [7, 11) is 2.02. The molecule has 4 nitrogen and oxygen atoms in total. The molecule has 0 saturated heterocycles.